The maximum atomic E-state index is 5.51. The number of ether oxygens (including phenoxy) is 1. The number of rotatable bonds is 4. The third-order valence-corrected chi connectivity index (χ3v) is 1.78. The average molecular weight is 163 g/mol. The highest BCUT2D eigenvalue weighted by Crippen LogP contribution is 2.15. The van der Waals surface area contributed by atoms with Gasteiger partial charge in [-0.05, 0) is 18.9 Å². The molecule has 1 nitrogen and oxygen atoms in total. The van der Waals surface area contributed by atoms with Crippen LogP contribution in [0.2, 0.25) is 0 Å². The second-order valence-electron chi connectivity index (χ2n) is 2.78. The SMILES string of the molecule is [CH2]CCOC(C)c1ccccc1. The minimum atomic E-state index is 0.188. The Labute approximate surface area is 74.4 Å². The number of hydrogen-bond acceptors (Lipinski definition) is 1. The standard InChI is InChI=1S/C11H15O/c1-3-9-12-10(2)11-7-5-4-6-8-11/h4-8,10H,1,3,9H2,2H3. The van der Waals surface area contributed by atoms with Gasteiger partial charge in [0, 0.05) is 6.61 Å². The van der Waals surface area contributed by atoms with Gasteiger partial charge in [-0.25, -0.2) is 0 Å². The van der Waals surface area contributed by atoms with Gasteiger partial charge in [0.05, 0.1) is 6.10 Å². The zero-order valence-electron chi connectivity index (χ0n) is 7.49. The summed E-state index contributed by atoms with van der Waals surface area (Å²) in [5.74, 6) is 0. The molecule has 0 N–H and O–H groups in total. The van der Waals surface area contributed by atoms with Gasteiger partial charge in [-0.3, -0.25) is 0 Å². The molecule has 0 fully saturated rings. The van der Waals surface area contributed by atoms with Crippen molar-refractivity contribution in [2.75, 3.05) is 6.61 Å². The normalized spacial score (nSPS) is 12.8. The fraction of sp³-hybridized carbons (Fsp3) is 0.364. The molecule has 0 spiro atoms. The Morgan fingerprint density at radius 1 is 1.33 bits per heavy atom. The zero-order chi connectivity index (χ0) is 8.81. The van der Waals surface area contributed by atoms with E-state index in [0.29, 0.717) is 0 Å². The van der Waals surface area contributed by atoms with E-state index >= 15 is 0 Å². The van der Waals surface area contributed by atoms with Crippen LogP contribution >= 0.6 is 0 Å². The third kappa shape index (κ3) is 2.67. The Hall–Kier alpha value is -0.820. The van der Waals surface area contributed by atoms with E-state index in [1.54, 1.807) is 0 Å². The lowest BCUT2D eigenvalue weighted by atomic mass is 10.1. The second-order valence-corrected chi connectivity index (χ2v) is 2.78. The molecule has 1 unspecified atom stereocenters. The van der Waals surface area contributed by atoms with E-state index in [1.165, 1.54) is 5.56 Å². The average Bonchev–Trinajstić information content (AvgIpc) is 2.15. The van der Waals surface area contributed by atoms with Gasteiger partial charge in [-0.2, -0.15) is 0 Å². The predicted molar refractivity (Wildman–Crippen MR) is 50.8 cm³/mol. The van der Waals surface area contributed by atoms with Crippen molar-refractivity contribution in [3.05, 3.63) is 42.8 Å². The first-order valence-electron chi connectivity index (χ1n) is 4.30. The molecule has 1 heteroatoms. The lowest BCUT2D eigenvalue weighted by molar-refractivity contribution is 0.0690. The molecule has 0 aromatic heterocycles. The van der Waals surface area contributed by atoms with Crippen molar-refractivity contribution in [3.63, 3.8) is 0 Å². The van der Waals surface area contributed by atoms with Crippen LogP contribution in [0.1, 0.15) is 25.0 Å². The summed E-state index contributed by atoms with van der Waals surface area (Å²) < 4.78 is 5.51. The summed E-state index contributed by atoms with van der Waals surface area (Å²) in [6.45, 7) is 6.52. The minimum Gasteiger partial charge on any atom is -0.374 e. The molecular formula is C11H15O. The Bertz CT molecular complexity index is 206. The molecule has 0 heterocycles. The van der Waals surface area contributed by atoms with E-state index in [2.05, 4.69) is 26.0 Å². The van der Waals surface area contributed by atoms with Crippen molar-refractivity contribution in [3.8, 4) is 0 Å². The highest BCUT2D eigenvalue weighted by molar-refractivity contribution is 5.16. The van der Waals surface area contributed by atoms with Crippen molar-refractivity contribution in [2.45, 2.75) is 19.4 Å². The number of hydrogen-bond donors (Lipinski definition) is 0. The van der Waals surface area contributed by atoms with Crippen LogP contribution < -0.4 is 0 Å². The lowest BCUT2D eigenvalue weighted by Crippen LogP contribution is -2.00. The van der Waals surface area contributed by atoms with Crippen LogP contribution in [0.4, 0.5) is 0 Å². The van der Waals surface area contributed by atoms with E-state index in [4.69, 9.17) is 4.74 Å². The largest absolute Gasteiger partial charge is 0.374 e. The van der Waals surface area contributed by atoms with Crippen LogP contribution in [0, 0.1) is 6.92 Å². The Balaban J connectivity index is 2.48. The maximum Gasteiger partial charge on any atom is 0.0796 e. The second kappa shape index (κ2) is 4.94. The summed E-state index contributed by atoms with van der Waals surface area (Å²) in [6.07, 6.45) is 1.02. The van der Waals surface area contributed by atoms with E-state index < -0.39 is 0 Å². The molecule has 1 aromatic carbocycles. The van der Waals surface area contributed by atoms with E-state index in [1.807, 2.05) is 18.2 Å². The monoisotopic (exact) mass is 163 g/mol. The molecule has 1 aromatic rings. The minimum absolute atomic E-state index is 0.188. The smallest absolute Gasteiger partial charge is 0.0796 e. The van der Waals surface area contributed by atoms with Crippen molar-refractivity contribution in [2.24, 2.45) is 0 Å². The van der Waals surface area contributed by atoms with E-state index in [9.17, 15) is 0 Å². The Kier molecular flexibility index (Phi) is 3.81. The molecular weight excluding hydrogens is 148 g/mol. The summed E-state index contributed by atoms with van der Waals surface area (Å²) in [5.41, 5.74) is 1.23. The molecule has 0 amide bonds. The molecule has 1 atom stereocenters. The fourth-order valence-electron chi connectivity index (χ4n) is 1.08. The molecule has 0 bridgehead atoms. The molecule has 0 aliphatic heterocycles. The summed E-state index contributed by atoms with van der Waals surface area (Å²) in [4.78, 5) is 0. The van der Waals surface area contributed by atoms with Gasteiger partial charge in [0.1, 0.15) is 0 Å². The molecule has 65 valence electrons. The summed E-state index contributed by atoms with van der Waals surface area (Å²) in [5, 5.41) is 0. The zero-order valence-corrected chi connectivity index (χ0v) is 7.49. The summed E-state index contributed by atoms with van der Waals surface area (Å²) >= 11 is 0. The first-order chi connectivity index (χ1) is 5.84. The third-order valence-electron chi connectivity index (χ3n) is 1.78. The van der Waals surface area contributed by atoms with Gasteiger partial charge >= 0.3 is 0 Å². The van der Waals surface area contributed by atoms with Crippen LogP contribution in [0.5, 0.6) is 0 Å². The van der Waals surface area contributed by atoms with Crippen molar-refractivity contribution >= 4 is 0 Å². The topological polar surface area (TPSA) is 9.23 Å². The van der Waals surface area contributed by atoms with Gasteiger partial charge in [-0.1, -0.05) is 37.3 Å². The van der Waals surface area contributed by atoms with Gasteiger partial charge in [-0.15, -0.1) is 0 Å². The number of benzene rings is 1. The molecule has 12 heavy (non-hydrogen) atoms. The molecule has 0 aliphatic rings. The van der Waals surface area contributed by atoms with Crippen LogP contribution in [0.3, 0.4) is 0 Å². The molecule has 1 rings (SSSR count). The van der Waals surface area contributed by atoms with Crippen molar-refractivity contribution < 1.29 is 4.74 Å². The highest BCUT2D eigenvalue weighted by Gasteiger charge is 2.02. The lowest BCUT2D eigenvalue weighted by Gasteiger charge is -2.11. The molecule has 0 saturated carbocycles. The first kappa shape index (κ1) is 9.27. The van der Waals surface area contributed by atoms with Crippen LogP contribution in [-0.2, 0) is 4.74 Å². The van der Waals surface area contributed by atoms with Crippen LogP contribution in [-0.4, -0.2) is 6.61 Å². The Morgan fingerprint density at radius 3 is 2.58 bits per heavy atom. The van der Waals surface area contributed by atoms with Crippen molar-refractivity contribution in [1.29, 1.82) is 0 Å². The Morgan fingerprint density at radius 2 is 2.00 bits per heavy atom. The summed E-state index contributed by atoms with van der Waals surface area (Å²) in [7, 11) is 0. The van der Waals surface area contributed by atoms with Crippen molar-refractivity contribution in [1.82, 2.24) is 0 Å². The first-order valence-corrected chi connectivity index (χ1v) is 4.30. The fourth-order valence-corrected chi connectivity index (χ4v) is 1.08. The summed E-state index contributed by atoms with van der Waals surface area (Å²) in [6, 6.07) is 10.2. The maximum absolute atomic E-state index is 5.51. The van der Waals surface area contributed by atoms with E-state index in [0.717, 1.165) is 13.0 Å². The van der Waals surface area contributed by atoms with Crippen LogP contribution in [0.25, 0.3) is 0 Å². The quantitative estimate of drug-likeness (QED) is 0.663. The van der Waals surface area contributed by atoms with Gasteiger partial charge in [0.2, 0.25) is 0 Å². The van der Waals surface area contributed by atoms with E-state index in [-0.39, 0.29) is 6.10 Å². The van der Waals surface area contributed by atoms with Crippen LogP contribution in [0.15, 0.2) is 30.3 Å². The molecule has 0 aliphatic carbocycles. The van der Waals surface area contributed by atoms with Gasteiger partial charge in [0.25, 0.3) is 0 Å². The predicted octanol–water partition coefficient (Wildman–Crippen LogP) is 2.99. The molecule has 0 saturated heterocycles. The highest BCUT2D eigenvalue weighted by atomic mass is 16.5. The molecule has 1 radical (unpaired) electrons. The van der Waals surface area contributed by atoms with Gasteiger partial charge < -0.3 is 4.74 Å². The van der Waals surface area contributed by atoms with Gasteiger partial charge in [0.15, 0.2) is 0 Å².